The van der Waals surface area contributed by atoms with E-state index in [1.165, 1.54) is 28.9 Å². The van der Waals surface area contributed by atoms with Crippen molar-refractivity contribution >= 4 is 15.9 Å². The number of piperidine rings is 1. The molecule has 150 valence electrons. The van der Waals surface area contributed by atoms with Crippen LogP contribution in [0.4, 0.5) is 4.39 Å². The van der Waals surface area contributed by atoms with Gasteiger partial charge in [0, 0.05) is 12.6 Å². The first-order valence-corrected chi connectivity index (χ1v) is 11.2. The molecule has 8 heteroatoms. The smallest absolute Gasteiger partial charge is 0.278 e. The number of nitrogens with zero attached hydrogens (tertiary/aromatic N) is 2. The zero-order valence-electron chi connectivity index (χ0n) is 15.9. The van der Waals surface area contributed by atoms with Gasteiger partial charge in [-0.1, -0.05) is 13.0 Å². The summed E-state index contributed by atoms with van der Waals surface area (Å²) in [5, 5.41) is 0. The van der Waals surface area contributed by atoms with Crippen LogP contribution in [0, 0.1) is 5.82 Å². The summed E-state index contributed by atoms with van der Waals surface area (Å²) in [6, 6.07) is 5.46. The molecule has 1 atom stereocenters. The number of rotatable bonds is 5. The molecule has 3 rings (SSSR count). The number of halogens is 1. The lowest BCUT2D eigenvalue weighted by Crippen LogP contribution is -3.15. The molecule has 0 aromatic heterocycles. The first-order chi connectivity index (χ1) is 12.9. The molecule has 1 aromatic carbocycles. The molecule has 0 aliphatic carbocycles. The van der Waals surface area contributed by atoms with Crippen molar-refractivity contribution in [2.75, 3.05) is 39.3 Å². The van der Waals surface area contributed by atoms with Gasteiger partial charge >= 0.3 is 0 Å². The number of amides is 1. The molecule has 27 heavy (non-hydrogen) atoms. The summed E-state index contributed by atoms with van der Waals surface area (Å²) in [5.41, 5.74) is 0. The van der Waals surface area contributed by atoms with Gasteiger partial charge < -0.3 is 9.80 Å². The Morgan fingerprint density at radius 3 is 2.63 bits per heavy atom. The van der Waals surface area contributed by atoms with Crippen molar-refractivity contribution in [1.82, 2.24) is 9.21 Å². The Morgan fingerprint density at radius 2 is 1.96 bits per heavy atom. The summed E-state index contributed by atoms with van der Waals surface area (Å²) < 4.78 is 40.1. The van der Waals surface area contributed by atoms with E-state index in [1.807, 2.05) is 4.90 Å². The maximum Gasteiger partial charge on any atom is 0.278 e. The highest BCUT2D eigenvalue weighted by molar-refractivity contribution is 7.89. The SMILES string of the molecule is CC[C@H]1CCCCN1C(=O)C[NH+]1CCN(S(=O)(=O)c2cccc(F)c2)CC1. The summed E-state index contributed by atoms with van der Waals surface area (Å²) in [6.07, 6.45) is 4.32. The van der Waals surface area contributed by atoms with E-state index in [-0.39, 0.29) is 10.8 Å². The lowest BCUT2D eigenvalue weighted by molar-refractivity contribution is -0.896. The largest absolute Gasteiger partial charge is 0.335 e. The molecule has 1 amide bonds. The molecular formula is C19H29FN3O3S+. The molecule has 1 aromatic rings. The van der Waals surface area contributed by atoms with Crippen molar-refractivity contribution in [2.45, 2.75) is 43.5 Å². The highest BCUT2D eigenvalue weighted by Crippen LogP contribution is 2.19. The Hall–Kier alpha value is -1.51. The van der Waals surface area contributed by atoms with E-state index in [1.54, 1.807) is 0 Å². The molecular weight excluding hydrogens is 369 g/mol. The Kier molecular flexibility index (Phi) is 6.49. The number of likely N-dealkylation sites (tertiary alicyclic amines) is 1. The van der Waals surface area contributed by atoms with Gasteiger partial charge in [0.15, 0.2) is 6.54 Å². The standard InChI is InChI=1S/C19H28FN3O3S/c1-2-17-7-3-4-9-23(17)19(24)15-21-10-12-22(13-11-21)27(25,26)18-8-5-6-16(20)14-18/h5-6,8,14,17H,2-4,7,9-13,15H2,1H3/p+1/t17-/m0/s1. The van der Waals surface area contributed by atoms with Crippen LogP contribution >= 0.6 is 0 Å². The fourth-order valence-corrected chi connectivity index (χ4v) is 5.54. The number of hydrogen-bond donors (Lipinski definition) is 1. The number of quaternary nitrogens is 1. The van der Waals surface area contributed by atoms with Crippen LogP contribution in [0.1, 0.15) is 32.6 Å². The molecule has 0 bridgehead atoms. The quantitative estimate of drug-likeness (QED) is 0.786. The second kappa shape index (κ2) is 8.67. The van der Waals surface area contributed by atoms with Gasteiger partial charge in [-0.25, -0.2) is 12.8 Å². The molecule has 6 nitrogen and oxygen atoms in total. The van der Waals surface area contributed by atoms with Gasteiger partial charge in [0.05, 0.1) is 31.1 Å². The molecule has 2 heterocycles. The summed E-state index contributed by atoms with van der Waals surface area (Å²) in [5.74, 6) is -0.379. The maximum atomic E-state index is 13.4. The molecule has 1 N–H and O–H groups in total. The van der Waals surface area contributed by atoms with Gasteiger partial charge in [-0.2, -0.15) is 4.31 Å². The van der Waals surface area contributed by atoms with Gasteiger partial charge in [0.25, 0.3) is 5.91 Å². The first kappa shape index (κ1) is 20.2. The van der Waals surface area contributed by atoms with E-state index in [0.717, 1.165) is 36.8 Å². The van der Waals surface area contributed by atoms with Crippen molar-refractivity contribution in [3.63, 3.8) is 0 Å². The molecule has 2 saturated heterocycles. The molecule has 2 aliphatic heterocycles. The number of benzene rings is 1. The van der Waals surface area contributed by atoms with Crippen LogP contribution in [-0.2, 0) is 14.8 Å². The zero-order chi connectivity index (χ0) is 19.4. The van der Waals surface area contributed by atoms with Crippen molar-refractivity contribution < 1.29 is 22.5 Å². The molecule has 2 fully saturated rings. The van der Waals surface area contributed by atoms with Crippen LogP contribution in [0.5, 0.6) is 0 Å². The normalized spacial score (nSPS) is 22.7. The minimum atomic E-state index is -3.68. The number of carbonyl (C=O) groups excluding carboxylic acids is 1. The molecule has 0 unspecified atom stereocenters. The fourth-order valence-electron chi connectivity index (χ4n) is 4.06. The predicted octanol–water partition coefficient (Wildman–Crippen LogP) is 0.506. The van der Waals surface area contributed by atoms with Crippen LogP contribution in [0.25, 0.3) is 0 Å². The average Bonchev–Trinajstić information content (AvgIpc) is 2.68. The number of nitrogens with one attached hydrogen (secondary N) is 1. The van der Waals surface area contributed by atoms with Gasteiger partial charge in [0.2, 0.25) is 10.0 Å². The monoisotopic (exact) mass is 398 g/mol. The third-order valence-corrected chi connectivity index (χ3v) is 7.58. The zero-order valence-corrected chi connectivity index (χ0v) is 16.7. The average molecular weight is 399 g/mol. The van der Waals surface area contributed by atoms with Gasteiger partial charge in [-0.05, 0) is 43.9 Å². The van der Waals surface area contributed by atoms with E-state index in [0.29, 0.717) is 38.8 Å². The molecule has 0 spiro atoms. The van der Waals surface area contributed by atoms with Crippen LogP contribution < -0.4 is 4.90 Å². The summed E-state index contributed by atoms with van der Waals surface area (Å²) in [6.45, 7) is 5.25. The lowest BCUT2D eigenvalue weighted by atomic mass is 10.00. The number of sulfonamides is 1. The molecule has 2 aliphatic rings. The maximum absolute atomic E-state index is 13.4. The van der Waals surface area contributed by atoms with E-state index in [4.69, 9.17) is 0 Å². The Balaban J connectivity index is 1.56. The minimum Gasteiger partial charge on any atom is -0.335 e. The van der Waals surface area contributed by atoms with Crippen LogP contribution in [0.3, 0.4) is 0 Å². The Morgan fingerprint density at radius 1 is 1.22 bits per heavy atom. The van der Waals surface area contributed by atoms with Gasteiger partial charge in [-0.15, -0.1) is 0 Å². The number of piperazine rings is 1. The Labute approximate surface area is 161 Å². The second-order valence-electron chi connectivity index (χ2n) is 7.43. The summed E-state index contributed by atoms with van der Waals surface area (Å²) in [7, 11) is -3.68. The Bertz CT molecular complexity index is 763. The summed E-state index contributed by atoms with van der Waals surface area (Å²) >= 11 is 0. The van der Waals surface area contributed by atoms with Crippen LogP contribution in [0.15, 0.2) is 29.2 Å². The predicted molar refractivity (Wildman–Crippen MR) is 100 cm³/mol. The van der Waals surface area contributed by atoms with Gasteiger partial charge in [0.1, 0.15) is 5.82 Å². The van der Waals surface area contributed by atoms with E-state index in [2.05, 4.69) is 6.92 Å². The van der Waals surface area contributed by atoms with E-state index < -0.39 is 15.8 Å². The van der Waals surface area contributed by atoms with Crippen molar-refractivity contribution in [3.8, 4) is 0 Å². The lowest BCUT2D eigenvalue weighted by Gasteiger charge is -2.37. The van der Waals surface area contributed by atoms with Crippen molar-refractivity contribution in [3.05, 3.63) is 30.1 Å². The fraction of sp³-hybridized carbons (Fsp3) is 0.632. The molecule has 0 saturated carbocycles. The second-order valence-corrected chi connectivity index (χ2v) is 9.37. The van der Waals surface area contributed by atoms with Gasteiger partial charge in [-0.3, -0.25) is 4.79 Å². The molecule has 0 radical (unpaired) electrons. The minimum absolute atomic E-state index is 0.0128. The topological polar surface area (TPSA) is 62.1 Å². The number of carbonyl (C=O) groups is 1. The van der Waals surface area contributed by atoms with E-state index >= 15 is 0 Å². The third kappa shape index (κ3) is 4.67. The van der Waals surface area contributed by atoms with Crippen LogP contribution in [-0.4, -0.2) is 68.8 Å². The number of hydrogen-bond acceptors (Lipinski definition) is 3. The first-order valence-electron chi connectivity index (χ1n) is 9.80. The third-order valence-electron chi connectivity index (χ3n) is 5.68. The van der Waals surface area contributed by atoms with E-state index in [9.17, 15) is 17.6 Å². The summed E-state index contributed by atoms with van der Waals surface area (Å²) in [4.78, 5) is 15.8. The van der Waals surface area contributed by atoms with Crippen LogP contribution in [0.2, 0.25) is 0 Å². The highest BCUT2D eigenvalue weighted by Gasteiger charge is 2.33. The van der Waals surface area contributed by atoms with Crippen molar-refractivity contribution in [2.24, 2.45) is 0 Å². The highest BCUT2D eigenvalue weighted by atomic mass is 32.2. The van der Waals surface area contributed by atoms with Crippen molar-refractivity contribution in [1.29, 1.82) is 0 Å².